The lowest BCUT2D eigenvalue weighted by Gasteiger charge is -2.14. The van der Waals surface area contributed by atoms with E-state index in [0.717, 1.165) is 39.3 Å². The van der Waals surface area contributed by atoms with Crippen LogP contribution in [0.5, 0.6) is 5.75 Å². The molecule has 214 valence electrons. The van der Waals surface area contributed by atoms with Crippen LogP contribution in [0, 0.1) is 6.92 Å². The molecule has 0 saturated carbocycles. The van der Waals surface area contributed by atoms with Crippen LogP contribution >= 0.6 is 0 Å². The first kappa shape index (κ1) is 29.4. The number of hydrogen-bond acceptors (Lipinski definition) is 6. The molecule has 8 heteroatoms. The van der Waals surface area contributed by atoms with Gasteiger partial charge in [-0.25, -0.2) is 9.78 Å². The van der Waals surface area contributed by atoms with Crippen molar-refractivity contribution in [2.24, 2.45) is 0 Å². The number of alkyl carbamates (subject to hydrolysis) is 1. The number of aromatic nitrogens is 1. The van der Waals surface area contributed by atoms with E-state index in [9.17, 15) is 9.59 Å². The summed E-state index contributed by atoms with van der Waals surface area (Å²) in [6, 6.07) is 24.0. The van der Waals surface area contributed by atoms with Crippen LogP contribution < -0.4 is 10.1 Å². The minimum atomic E-state index is -0.857. The fraction of sp³-hybridized carbons (Fsp3) is 0.303. The van der Waals surface area contributed by atoms with Gasteiger partial charge in [-0.05, 0) is 80.1 Å². The van der Waals surface area contributed by atoms with Gasteiger partial charge in [0.1, 0.15) is 11.5 Å². The summed E-state index contributed by atoms with van der Waals surface area (Å²) >= 11 is 0. The van der Waals surface area contributed by atoms with E-state index in [0.29, 0.717) is 44.1 Å². The number of carboxylic acid groups (broad SMARTS) is 1. The highest BCUT2D eigenvalue weighted by Gasteiger charge is 2.13. The third-order valence-electron chi connectivity index (χ3n) is 6.53. The summed E-state index contributed by atoms with van der Waals surface area (Å²) in [5.74, 6) is 1.14. The molecule has 0 saturated heterocycles. The number of carbonyl (C=O) groups is 2. The van der Waals surface area contributed by atoms with Crippen molar-refractivity contribution in [3.63, 3.8) is 0 Å². The largest absolute Gasteiger partial charge is 0.493 e. The maximum atomic E-state index is 11.8. The van der Waals surface area contributed by atoms with E-state index in [-0.39, 0.29) is 12.5 Å². The Balaban J connectivity index is 1.36. The van der Waals surface area contributed by atoms with Gasteiger partial charge in [0.15, 0.2) is 0 Å². The predicted octanol–water partition coefficient (Wildman–Crippen LogP) is 6.63. The monoisotopic (exact) mass is 556 g/mol. The van der Waals surface area contributed by atoms with Crippen molar-refractivity contribution in [1.29, 1.82) is 0 Å². The van der Waals surface area contributed by atoms with Gasteiger partial charge >= 0.3 is 12.1 Å². The number of nitrogens with one attached hydrogen (secondary N) is 1. The molecule has 0 atom stereocenters. The van der Waals surface area contributed by atoms with Crippen LogP contribution in [0.1, 0.15) is 42.8 Å². The topological polar surface area (TPSA) is 111 Å². The molecule has 0 aliphatic heterocycles. The Morgan fingerprint density at radius 2 is 1.61 bits per heavy atom. The van der Waals surface area contributed by atoms with E-state index in [1.165, 1.54) is 0 Å². The Bertz CT molecular complexity index is 1440. The molecule has 1 aromatic heterocycles. The number of benzene rings is 3. The highest BCUT2D eigenvalue weighted by molar-refractivity contribution is 5.68. The fourth-order valence-corrected chi connectivity index (χ4v) is 4.45. The summed E-state index contributed by atoms with van der Waals surface area (Å²) in [6.07, 6.45) is 0.828. The molecule has 2 N–H and O–H groups in total. The minimum absolute atomic E-state index is 0.0266. The second-order valence-corrected chi connectivity index (χ2v) is 10.0. The minimum Gasteiger partial charge on any atom is -0.493 e. The lowest BCUT2D eigenvalue weighted by Crippen LogP contribution is -2.28. The first-order valence-corrected chi connectivity index (χ1v) is 13.8. The molecule has 3 aromatic carbocycles. The molecular weight excluding hydrogens is 520 g/mol. The van der Waals surface area contributed by atoms with Crippen molar-refractivity contribution in [2.75, 3.05) is 13.2 Å². The van der Waals surface area contributed by atoms with Crippen LogP contribution in [-0.2, 0) is 28.8 Å². The van der Waals surface area contributed by atoms with E-state index in [1.807, 2.05) is 55.5 Å². The van der Waals surface area contributed by atoms with Gasteiger partial charge in [0, 0.05) is 24.9 Å². The molecule has 0 fully saturated rings. The lowest BCUT2D eigenvalue weighted by atomic mass is 10.00. The third kappa shape index (κ3) is 8.70. The quantitative estimate of drug-likeness (QED) is 0.190. The van der Waals surface area contributed by atoms with E-state index in [1.54, 1.807) is 13.8 Å². The zero-order valence-corrected chi connectivity index (χ0v) is 23.7. The van der Waals surface area contributed by atoms with Crippen molar-refractivity contribution in [2.45, 2.75) is 52.6 Å². The summed E-state index contributed by atoms with van der Waals surface area (Å²) in [5, 5.41) is 11.9. The van der Waals surface area contributed by atoms with Gasteiger partial charge < -0.3 is 24.3 Å². The van der Waals surface area contributed by atoms with Crippen molar-refractivity contribution in [3.8, 4) is 28.3 Å². The number of hydrogen-bond donors (Lipinski definition) is 2. The first-order valence-electron chi connectivity index (χ1n) is 13.8. The Kier molecular flexibility index (Phi) is 10.2. The number of ether oxygens (including phenoxy) is 2. The highest BCUT2D eigenvalue weighted by atomic mass is 16.6. The molecule has 1 heterocycles. The van der Waals surface area contributed by atoms with Gasteiger partial charge in [0.25, 0.3) is 0 Å². The van der Waals surface area contributed by atoms with Gasteiger partial charge in [-0.15, -0.1) is 0 Å². The van der Waals surface area contributed by atoms with Gasteiger partial charge in [-0.2, -0.15) is 0 Å². The van der Waals surface area contributed by atoms with Crippen LogP contribution in [0.15, 0.2) is 77.2 Å². The van der Waals surface area contributed by atoms with Crippen LogP contribution in [0.2, 0.25) is 0 Å². The van der Waals surface area contributed by atoms with Crippen molar-refractivity contribution in [3.05, 3.63) is 95.4 Å². The summed E-state index contributed by atoms with van der Waals surface area (Å²) in [5.41, 5.74) is 5.86. The molecule has 41 heavy (non-hydrogen) atoms. The molecule has 4 rings (SSSR count). The average Bonchev–Trinajstić information content (AvgIpc) is 3.32. The molecule has 0 aliphatic carbocycles. The van der Waals surface area contributed by atoms with Crippen molar-refractivity contribution in [1.82, 2.24) is 10.3 Å². The SMILES string of the molecule is Cc1oc(-c2ccc(-c3ccccc3)cc2)nc1CCOc1ccc(CCC(=O)O)c(CCNC(=O)OC(C)C)c1. The molecule has 0 aliphatic rings. The highest BCUT2D eigenvalue weighted by Crippen LogP contribution is 2.26. The number of aryl methyl sites for hydroxylation is 2. The van der Waals surface area contributed by atoms with Gasteiger partial charge in [-0.3, -0.25) is 4.79 Å². The molecular formula is C33H36N2O6. The summed E-state index contributed by atoms with van der Waals surface area (Å²) in [6.45, 7) is 6.23. The fourth-order valence-electron chi connectivity index (χ4n) is 4.45. The van der Waals surface area contributed by atoms with E-state index < -0.39 is 12.1 Å². The maximum absolute atomic E-state index is 11.8. The normalized spacial score (nSPS) is 10.9. The molecule has 0 spiro atoms. The van der Waals surface area contributed by atoms with Crippen LogP contribution in [-0.4, -0.2) is 41.4 Å². The van der Waals surface area contributed by atoms with Gasteiger partial charge in [0.2, 0.25) is 5.89 Å². The van der Waals surface area contributed by atoms with Crippen molar-refractivity contribution < 1.29 is 28.6 Å². The Morgan fingerprint density at radius 3 is 2.32 bits per heavy atom. The third-order valence-corrected chi connectivity index (χ3v) is 6.53. The smallest absolute Gasteiger partial charge is 0.407 e. The molecule has 0 bridgehead atoms. The number of carbonyl (C=O) groups excluding carboxylic acids is 1. The number of amides is 1. The molecule has 4 aromatic rings. The standard InChI is InChI=1S/C33H36N2O6/c1-22(2)40-33(38)34-19-17-28-21-29(15-13-26(28)14-16-31(36)37)39-20-18-30-23(3)41-32(35-30)27-11-9-25(10-12-27)24-7-5-4-6-8-24/h4-13,15,21-22H,14,16-20H2,1-3H3,(H,34,38)(H,36,37). The van der Waals surface area contributed by atoms with Gasteiger partial charge in [-0.1, -0.05) is 48.5 Å². The lowest BCUT2D eigenvalue weighted by molar-refractivity contribution is -0.136. The average molecular weight is 557 g/mol. The Morgan fingerprint density at radius 1 is 0.902 bits per heavy atom. The number of oxazole rings is 1. The van der Waals surface area contributed by atoms with E-state index >= 15 is 0 Å². The molecule has 1 amide bonds. The first-order chi connectivity index (χ1) is 19.8. The number of aliphatic carboxylic acids is 1. The number of carboxylic acids is 1. The number of nitrogens with zero attached hydrogens (tertiary/aromatic N) is 1. The second kappa shape index (κ2) is 14.2. The predicted molar refractivity (Wildman–Crippen MR) is 157 cm³/mol. The van der Waals surface area contributed by atoms with Crippen LogP contribution in [0.4, 0.5) is 4.79 Å². The molecule has 0 radical (unpaired) electrons. The zero-order chi connectivity index (χ0) is 29.2. The summed E-state index contributed by atoms with van der Waals surface area (Å²) < 4.78 is 17.1. The summed E-state index contributed by atoms with van der Waals surface area (Å²) in [7, 11) is 0. The summed E-state index contributed by atoms with van der Waals surface area (Å²) in [4.78, 5) is 27.7. The van der Waals surface area contributed by atoms with E-state index in [4.69, 9.17) is 24.0 Å². The maximum Gasteiger partial charge on any atom is 0.407 e. The van der Waals surface area contributed by atoms with Crippen LogP contribution in [0.25, 0.3) is 22.6 Å². The molecule has 8 nitrogen and oxygen atoms in total. The van der Waals surface area contributed by atoms with Crippen LogP contribution in [0.3, 0.4) is 0 Å². The Labute approximate surface area is 240 Å². The number of rotatable bonds is 13. The second-order valence-electron chi connectivity index (χ2n) is 10.0. The van der Waals surface area contributed by atoms with Crippen molar-refractivity contribution >= 4 is 12.1 Å². The zero-order valence-electron chi connectivity index (χ0n) is 23.7. The molecule has 0 unspecified atom stereocenters. The van der Waals surface area contributed by atoms with Gasteiger partial charge in [0.05, 0.1) is 18.4 Å². The van der Waals surface area contributed by atoms with E-state index in [2.05, 4.69) is 29.6 Å². The Hall–Kier alpha value is -4.59.